The summed E-state index contributed by atoms with van der Waals surface area (Å²) in [7, 11) is 0. The number of aromatic nitrogens is 3. The normalized spacial score (nSPS) is 10.1. The molecule has 0 saturated heterocycles. The molecule has 6 nitrogen and oxygen atoms in total. The number of hydrogen-bond acceptors (Lipinski definition) is 3. The molecule has 0 aromatic carbocycles. The van der Waals surface area contributed by atoms with Crippen LogP contribution in [0.1, 0.15) is 10.4 Å². The van der Waals surface area contributed by atoms with Gasteiger partial charge < -0.3 is 5.11 Å². The standard InChI is InChI=1S/C9H7N3O3/c13-8-1-2-12(11-8)7-3-6(9(14)15)4-10-5-7/h1-5H,(H,11,13)(H,14,15). The Morgan fingerprint density at radius 2 is 2.27 bits per heavy atom. The number of carbonyl (C=O) groups is 1. The van der Waals surface area contributed by atoms with Gasteiger partial charge in [0.25, 0.3) is 5.56 Å². The van der Waals surface area contributed by atoms with Crippen LogP contribution >= 0.6 is 0 Å². The summed E-state index contributed by atoms with van der Waals surface area (Å²) in [6, 6.07) is 2.76. The van der Waals surface area contributed by atoms with Crippen molar-refractivity contribution in [1.82, 2.24) is 14.8 Å². The monoisotopic (exact) mass is 205 g/mol. The number of aromatic amines is 1. The van der Waals surface area contributed by atoms with Crippen molar-refractivity contribution in [3.05, 3.63) is 46.6 Å². The molecule has 2 aromatic heterocycles. The van der Waals surface area contributed by atoms with E-state index in [1.807, 2.05) is 0 Å². The minimum absolute atomic E-state index is 0.0713. The van der Waals surface area contributed by atoms with Crippen molar-refractivity contribution in [3.63, 3.8) is 0 Å². The number of hydrogen-bond donors (Lipinski definition) is 2. The molecule has 15 heavy (non-hydrogen) atoms. The molecule has 0 fully saturated rings. The van der Waals surface area contributed by atoms with Crippen LogP contribution in [0.4, 0.5) is 0 Å². The van der Waals surface area contributed by atoms with Gasteiger partial charge in [0.05, 0.1) is 17.4 Å². The molecule has 2 N–H and O–H groups in total. The Morgan fingerprint density at radius 3 is 2.87 bits per heavy atom. The zero-order valence-corrected chi connectivity index (χ0v) is 7.54. The smallest absolute Gasteiger partial charge is 0.337 e. The number of carboxylic acid groups (broad SMARTS) is 1. The summed E-state index contributed by atoms with van der Waals surface area (Å²) >= 11 is 0. The minimum atomic E-state index is -1.06. The van der Waals surface area contributed by atoms with Crippen molar-refractivity contribution in [2.45, 2.75) is 0 Å². The molecule has 0 saturated carbocycles. The third-order valence-electron chi connectivity index (χ3n) is 1.85. The molecule has 76 valence electrons. The van der Waals surface area contributed by atoms with Crippen LogP contribution < -0.4 is 5.56 Å². The van der Waals surface area contributed by atoms with E-state index in [-0.39, 0.29) is 11.1 Å². The van der Waals surface area contributed by atoms with Gasteiger partial charge in [0.1, 0.15) is 0 Å². The van der Waals surface area contributed by atoms with Crippen molar-refractivity contribution >= 4 is 5.97 Å². The Kier molecular flexibility index (Phi) is 2.09. The third-order valence-corrected chi connectivity index (χ3v) is 1.85. The van der Waals surface area contributed by atoms with E-state index in [9.17, 15) is 9.59 Å². The second-order valence-electron chi connectivity index (χ2n) is 2.90. The lowest BCUT2D eigenvalue weighted by molar-refractivity contribution is 0.0696. The van der Waals surface area contributed by atoms with E-state index in [1.165, 1.54) is 35.4 Å². The summed E-state index contributed by atoms with van der Waals surface area (Å²) < 4.78 is 1.40. The summed E-state index contributed by atoms with van der Waals surface area (Å²) in [5.41, 5.74) is 0.315. The molecule has 0 atom stereocenters. The van der Waals surface area contributed by atoms with Gasteiger partial charge in [-0.25, -0.2) is 4.79 Å². The van der Waals surface area contributed by atoms with Crippen molar-refractivity contribution in [2.24, 2.45) is 0 Å². The molecule has 0 bridgehead atoms. The summed E-state index contributed by atoms with van der Waals surface area (Å²) in [4.78, 5) is 25.3. The first kappa shape index (κ1) is 9.20. The predicted molar refractivity (Wildman–Crippen MR) is 51.1 cm³/mol. The lowest BCUT2D eigenvalue weighted by Crippen LogP contribution is -2.05. The average Bonchev–Trinajstić information content (AvgIpc) is 2.65. The number of nitrogens with one attached hydrogen (secondary N) is 1. The van der Waals surface area contributed by atoms with Gasteiger partial charge in [-0.3, -0.25) is 19.6 Å². The quantitative estimate of drug-likeness (QED) is 0.736. The fourth-order valence-electron chi connectivity index (χ4n) is 1.16. The molecular formula is C9H7N3O3. The van der Waals surface area contributed by atoms with E-state index < -0.39 is 5.97 Å². The largest absolute Gasteiger partial charge is 0.478 e. The number of nitrogens with zero attached hydrogens (tertiary/aromatic N) is 2. The van der Waals surface area contributed by atoms with Crippen molar-refractivity contribution in [2.75, 3.05) is 0 Å². The maximum absolute atomic E-state index is 10.9. The fourth-order valence-corrected chi connectivity index (χ4v) is 1.16. The van der Waals surface area contributed by atoms with Crippen molar-refractivity contribution in [3.8, 4) is 5.69 Å². The van der Waals surface area contributed by atoms with E-state index in [2.05, 4.69) is 10.1 Å². The molecule has 2 aromatic rings. The first-order valence-corrected chi connectivity index (χ1v) is 4.13. The van der Waals surface area contributed by atoms with Crippen LogP contribution in [-0.4, -0.2) is 25.8 Å². The molecule has 0 aliphatic heterocycles. The highest BCUT2D eigenvalue weighted by molar-refractivity contribution is 5.87. The van der Waals surface area contributed by atoms with Gasteiger partial charge in [-0.1, -0.05) is 0 Å². The first-order valence-electron chi connectivity index (χ1n) is 4.13. The number of aromatic carboxylic acids is 1. The molecular weight excluding hydrogens is 198 g/mol. The number of rotatable bonds is 2. The molecule has 0 aliphatic rings. The highest BCUT2D eigenvalue weighted by Crippen LogP contribution is 2.06. The topological polar surface area (TPSA) is 88.0 Å². The van der Waals surface area contributed by atoms with Crippen LogP contribution in [0.2, 0.25) is 0 Å². The van der Waals surface area contributed by atoms with Gasteiger partial charge in [-0.05, 0) is 6.07 Å². The van der Waals surface area contributed by atoms with Gasteiger partial charge in [-0.2, -0.15) is 0 Å². The average molecular weight is 205 g/mol. The number of H-pyrrole nitrogens is 1. The minimum Gasteiger partial charge on any atom is -0.478 e. The molecule has 0 amide bonds. The molecule has 0 spiro atoms. The van der Waals surface area contributed by atoms with Crippen LogP contribution in [0.3, 0.4) is 0 Å². The predicted octanol–water partition coefficient (Wildman–Crippen LogP) is 0.259. The van der Waals surface area contributed by atoms with E-state index in [1.54, 1.807) is 0 Å². The molecule has 0 unspecified atom stereocenters. The highest BCUT2D eigenvalue weighted by Gasteiger charge is 2.05. The zero-order chi connectivity index (χ0) is 10.8. The third kappa shape index (κ3) is 1.78. The van der Waals surface area contributed by atoms with E-state index in [0.717, 1.165) is 0 Å². The fraction of sp³-hybridized carbons (Fsp3) is 0. The zero-order valence-electron chi connectivity index (χ0n) is 7.54. The maximum Gasteiger partial charge on any atom is 0.337 e. The van der Waals surface area contributed by atoms with Gasteiger partial charge in [0.2, 0.25) is 0 Å². The van der Waals surface area contributed by atoms with Crippen LogP contribution in [0.5, 0.6) is 0 Å². The first-order chi connectivity index (χ1) is 7.16. The summed E-state index contributed by atoms with van der Waals surface area (Å²) in [6.07, 6.45) is 4.21. The molecule has 2 rings (SSSR count). The van der Waals surface area contributed by atoms with Crippen LogP contribution in [0.15, 0.2) is 35.5 Å². The number of carboxylic acids is 1. The SMILES string of the molecule is O=C(O)c1cncc(-n2ccc(=O)[nH]2)c1. The molecule has 0 radical (unpaired) electrons. The van der Waals surface area contributed by atoms with Gasteiger partial charge in [0, 0.05) is 18.5 Å². The van der Waals surface area contributed by atoms with Crippen molar-refractivity contribution < 1.29 is 9.90 Å². The summed E-state index contributed by atoms with van der Waals surface area (Å²) in [6.45, 7) is 0. The van der Waals surface area contributed by atoms with Crippen LogP contribution in [0.25, 0.3) is 5.69 Å². The Bertz CT molecular complexity index is 555. The Hall–Kier alpha value is -2.37. The van der Waals surface area contributed by atoms with Gasteiger partial charge in [0.15, 0.2) is 0 Å². The Morgan fingerprint density at radius 1 is 1.47 bits per heavy atom. The second-order valence-corrected chi connectivity index (χ2v) is 2.90. The molecule has 6 heteroatoms. The Labute approximate surface area is 83.8 Å². The second kappa shape index (κ2) is 3.41. The number of pyridine rings is 1. The summed E-state index contributed by atoms with van der Waals surface area (Å²) in [5, 5.41) is 11.2. The molecule has 0 aliphatic carbocycles. The molecule has 2 heterocycles. The van der Waals surface area contributed by atoms with Gasteiger partial charge in [-0.15, -0.1) is 0 Å². The van der Waals surface area contributed by atoms with E-state index >= 15 is 0 Å². The van der Waals surface area contributed by atoms with Crippen LogP contribution in [-0.2, 0) is 0 Å². The van der Waals surface area contributed by atoms with Gasteiger partial charge >= 0.3 is 5.97 Å². The Balaban J connectivity index is 2.49. The van der Waals surface area contributed by atoms with Crippen LogP contribution in [0, 0.1) is 0 Å². The summed E-state index contributed by atoms with van der Waals surface area (Å²) in [5.74, 6) is -1.06. The lowest BCUT2D eigenvalue weighted by atomic mass is 10.3. The van der Waals surface area contributed by atoms with E-state index in [4.69, 9.17) is 5.11 Å². The highest BCUT2D eigenvalue weighted by atomic mass is 16.4. The lowest BCUT2D eigenvalue weighted by Gasteiger charge is -2.01. The van der Waals surface area contributed by atoms with E-state index in [0.29, 0.717) is 5.69 Å². The maximum atomic E-state index is 10.9. The van der Waals surface area contributed by atoms with Crippen molar-refractivity contribution in [1.29, 1.82) is 0 Å².